The molecule has 0 saturated carbocycles. The van der Waals surface area contributed by atoms with Crippen molar-refractivity contribution in [2.75, 3.05) is 6.61 Å². The lowest BCUT2D eigenvalue weighted by molar-refractivity contribution is 0.0984. The second-order valence-electron chi connectivity index (χ2n) is 5.74. The maximum Gasteiger partial charge on any atom is 0.192 e. The Kier molecular flexibility index (Phi) is 4.82. The molecule has 2 atom stereocenters. The van der Waals surface area contributed by atoms with Crippen LogP contribution in [-0.2, 0) is 4.43 Å². The summed E-state index contributed by atoms with van der Waals surface area (Å²) in [5.74, 6) is 0.226. The number of hydrogen-bond donors (Lipinski definition) is 1. The lowest BCUT2D eigenvalue weighted by atomic mass is 10.1. The molecule has 0 aliphatic rings. The summed E-state index contributed by atoms with van der Waals surface area (Å²) in [4.78, 5) is 0. The van der Waals surface area contributed by atoms with Crippen LogP contribution < -0.4 is 0 Å². The van der Waals surface area contributed by atoms with Crippen molar-refractivity contribution in [1.29, 1.82) is 0 Å². The molecule has 86 valence electrons. The Labute approximate surface area is 89.8 Å². The van der Waals surface area contributed by atoms with E-state index in [-0.39, 0.29) is 23.7 Å². The van der Waals surface area contributed by atoms with Crippen LogP contribution in [0.2, 0.25) is 18.1 Å². The summed E-state index contributed by atoms with van der Waals surface area (Å²) in [6.07, 6.45) is 0.154. The molecule has 0 spiro atoms. The molecule has 0 aliphatic heterocycles. The highest BCUT2D eigenvalue weighted by molar-refractivity contribution is 6.74. The van der Waals surface area contributed by atoms with Crippen molar-refractivity contribution in [3.8, 4) is 0 Å². The summed E-state index contributed by atoms with van der Waals surface area (Å²) in [5, 5.41) is 9.29. The van der Waals surface area contributed by atoms with Crippen molar-refractivity contribution in [2.24, 2.45) is 5.92 Å². The van der Waals surface area contributed by atoms with Crippen LogP contribution in [-0.4, -0.2) is 26.1 Å². The molecule has 0 rings (SSSR count). The molecule has 0 fully saturated rings. The second kappa shape index (κ2) is 4.77. The van der Waals surface area contributed by atoms with E-state index in [1.165, 1.54) is 0 Å². The van der Waals surface area contributed by atoms with E-state index in [1.54, 1.807) is 0 Å². The van der Waals surface area contributed by atoms with Gasteiger partial charge in [-0.3, -0.25) is 0 Å². The molecular formula is C11H26O2Si. The first-order valence-electron chi connectivity index (χ1n) is 5.40. The highest BCUT2D eigenvalue weighted by atomic mass is 28.4. The van der Waals surface area contributed by atoms with Crippen LogP contribution in [0.25, 0.3) is 0 Å². The molecule has 3 heteroatoms. The fourth-order valence-electron chi connectivity index (χ4n) is 0.906. The molecule has 0 aromatic heterocycles. The number of hydrogen-bond acceptors (Lipinski definition) is 2. The summed E-state index contributed by atoms with van der Waals surface area (Å²) < 4.78 is 6.13. The zero-order valence-electron chi connectivity index (χ0n) is 10.7. The molecule has 1 N–H and O–H groups in total. The molecule has 0 aromatic carbocycles. The van der Waals surface area contributed by atoms with E-state index >= 15 is 0 Å². The third kappa shape index (κ3) is 3.71. The molecule has 14 heavy (non-hydrogen) atoms. The first kappa shape index (κ1) is 14.1. The van der Waals surface area contributed by atoms with Crippen LogP contribution in [0.3, 0.4) is 0 Å². The van der Waals surface area contributed by atoms with Gasteiger partial charge >= 0.3 is 0 Å². The van der Waals surface area contributed by atoms with Gasteiger partial charge in [0.2, 0.25) is 0 Å². The largest absolute Gasteiger partial charge is 0.414 e. The topological polar surface area (TPSA) is 29.5 Å². The molecular weight excluding hydrogens is 192 g/mol. The lowest BCUT2D eigenvalue weighted by Crippen LogP contribution is -2.45. The van der Waals surface area contributed by atoms with Gasteiger partial charge in [0.15, 0.2) is 8.32 Å². The maximum atomic E-state index is 9.04. The fourth-order valence-corrected chi connectivity index (χ4v) is 2.42. The summed E-state index contributed by atoms with van der Waals surface area (Å²) in [6.45, 7) is 15.5. The standard InChI is InChI=1S/C11H26O2Si/c1-9(8-12)10(2)13-14(6,7)11(3,4)5/h9-10,12H,8H2,1-7H3/t9-,10+/m1/s1. The lowest BCUT2D eigenvalue weighted by Gasteiger charge is -2.39. The minimum atomic E-state index is -1.66. The van der Waals surface area contributed by atoms with Crippen LogP contribution in [0, 0.1) is 5.92 Å². The Morgan fingerprint density at radius 3 is 1.93 bits per heavy atom. The molecule has 0 heterocycles. The Morgan fingerprint density at radius 2 is 1.64 bits per heavy atom. The third-order valence-electron chi connectivity index (χ3n) is 3.38. The van der Waals surface area contributed by atoms with Crippen LogP contribution in [0.5, 0.6) is 0 Å². The van der Waals surface area contributed by atoms with Crippen molar-refractivity contribution < 1.29 is 9.53 Å². The van der Waals surface area contributed by atoms with Crippen molar-refractivity contribution >= 4 is 8.32 Å². The highest BCUT2D eigenvalue weighted by Gasteiger charge is 2.38. The van der Waals surface area contributed by atoms with Crippen LogP contribution in [0.1, 0.15) is 34.6 Å². The molecule has 0 radical (unpaired) electrons. The normalized spacial score (nSPS) is 18.0. The van der Waals surface area contributed by atoms with Crippen molar-refractivity contribution in [2.45, 2.75) is 58.9 Å². The number of aliphatic hydroxyl groups is 1. The molecule has 2 nitrogen and oxygen atoms in total. The van der Waals surface area contributed by atoms with Gasteiger partial charge in [-0.1, -0.05) is 27.7 Å². The second-order valence-corrected chi connectivity index (χ2v) is 10.5. The molecule has 0 amide bonds. The summed E-state index contributed by atoms with van der Waals surface area (Å²) in [6, 6.07) is 0. The average Bonchev–Trinajstić information content (AvgIpc) is 2.00. The zero-order valence-corrected chi connectivity index (χ0v) is 11.7. The van der Waals surface area contributed by atoms with E-state index in [9.17, 15) is 0 Å². The minimum Gasteiger partial charge on any atom is -0.414 e. The van der Waals surface area contributed by atoms with Gasteiger partial charge in [-0.15, -0.1) is 0 Å². The zero-order chi connectivity index (χ0) is 11.6. The van der Waals surface area contributed by atoms with Gasteiger partial charge < -0.3 is 9.53 Å². The SMILES string of the molecule is C[C@H](CO)[C@H](C)O[Si](C)(C)C(C)(C)C. The van der Waals surface area contributed by atoms with Gasteiger partial charge in [0.05, 0.1) is 0 Å². The van der Waals surface area contributed by atoms with Gasteiger partial charge in [-0.2, -0.15) is 0 Å². The average molecular weight is 218 g/mol. The predicted octanol–water partition coefficient (Wildman–Crippen LogP) is 3.03. The first-order valence-corrected chi connectivity index (χ1v) is 8.31. The first-order chi connectivity index (χ1) is 6.12. The number of rotatable bonds is 4. The highest BCUT2D eigenvalue weighted by Crippen LogP contribution is 2.37. The Morgan fingerprint density at radius 1 is 1.21 bits per heavy atom. The molecule has 0 aromatic rings. The van der Waals surface area contributed by atoms with Crippen LogP contribution in [0.4, 0.5) is 0 Å². The summed E-state index contributed by atoms with van der Waals surface area (Å²) >= 11 is 0. The van der Waals surface area contributed by atoms with E-state index in [4.69, 9.17) is 9.53 Å². The molecule has 0 aliphatic carbocycles. The third-order valence-corrected chi connectivity index (χ3v) is 7.95. The van der Waals surface area contributed by atoms with E-state index in [0.29, 0.717) is 0 Å². The van der Waals surface area contributed by atoms with E-state index in [2.05, 4.69) is 40.8 Å². The fraction of sp³-hybridized carbons (Fsp3) is 1.00. The van der Waals surface area contributed by atoms with Crippen molar-refractivity contribution in [1.82, 2.24) is 0 Å². The molecule has 0 unspecified atom stereocenters. The van der Waals surface area contributed by atoms with E-state index in [0.717, 1.165) is 0 Å². The van der Waals surface area contributed by atoms with Gasteiger partial charge in [-0.05, 0) is 25.1 Å². The Hall–Kier alpha value is 0.137. The summed E-state index contributed by atoms with van der Waals surface area (Å²) in [7, 11) is -1.66. The summed E-state index contributed by atoms with van der Waals surface area (Å²) in [5.41, 5.74) is 0. The van der Waals surface area contributed by atoms with Crippen molar-refractivity contribution in [3.05, 3.63) is 0 Å². The minimum absolute atomic E-state index is 0.154. The Balaban J connectivity index is 4.36. The van der Waals surface area contributed by atoms with Gasteiger partial charge in [0, 0.05) is 18.6 Å². The quantitative estimate of drug-likeness (QED) is 0.735. The van der Waals surface area contributed by atoms with E-state index in [1.807, 2.05) is 6.92 Å². The molecule has 0 saturated heterocycles. The van der Waals surface area contributed by atoms with Gasteiger partial charge in [-0.25, -0.2) is 0 Å². The van der Waals surface area contributed by atoms with Gasteiger partial charge in [0.25, 0.3) is 0 Å². The Bertz CT molecular complexity index is 173. The number of aliphatic hydroxyl groups excluding tert-OH is 1. The van der Waals surface area contributed by atoms with Crippen molar-refractivity contribution in [3.63, 3.8) is 0 Å². The maximum absolute atomic E-state index is 9.04. The molecule has 0 bridgehead atoms. The van der Waals surface area contributed by atoms with Crippen LogP contribution in [0.15, 0.2) is 0 Å². The van der Waals surface area contributed by atoms with Crippen LogP contribution >= 0.6 is 0 Å². The monoisotopic (exact) mass is 218 g/mol. The predicted molar refractivity (Wildman–Crippen MR) is 64.0 cm³/mol. The van der Waals surface area contributed by atoms with Gasteiger partial charge in [0.1, 0.15) is 0 Å². The smallest absolute Gasteiger partial charge is 0.192 e. The van der Waals surface area contributed by atoms with E-state index < -0.39 is 8.32 Å².